The number of ether oxygens (including phenoxy) is 3. The molecule has 5 fully saturated rings. The Hall–Kier alpha value is -2.13. The zero-order chi connectivity index (χ0) is 38.0. The fourth-order valence-corrected chi connectivity index (χ4v) is 15.9. The second-order valence-corrected chi connectivity index (χ2v) is 21.3. The minimum atomic E-state index is -0.414. The maximum Gasteiger partial charge on any atom is 0.343 e. The lowest BCUT2D eigenvalue weighted by atomic mass is 9.65. The van der Waals surface area contributed by atoms with E-state index in [0.29, 0.717) is 40.8 Å². The molecule has 3 aliphatic carbocycles. The number of piperidine rings is 1. The van der Waals surface area contributed by atoms with E-state index in [2.05, 4.69) is 72.9 Å². The van der Waals surface area contributed by atoms with E-state index in [4.69, 9.17) is 14.2 Å². The van der Waals surface area contributed by atoms with Crippen LogP contribution in [0.2, 0.25) is 0 Å². The van der Waals surface area contributed by atoms with Crippen molar-refractivity contribution in [1.29, 1.82) is 0 Å². The van der Waals surface area contributed by atoms with Gasteiger partial charge in [-0.3, -0.25) is 4.90 Å². The zero-order valence-electron chi connectivity index (χ0n) is 33.8. The zero-order valence-corrected chi connectivity index (χ0v) is 35.4. The summed E-state index contributed by atoms with van der Waals surface area (Å²) in [5.41, 5.74) is 5.31. The van der Waals surface area contributed by atoms with Crippen LogP contribution >= 0.6 is 21.6 Å². The lowest BCUT2D eigenvalue weighted by Gasteiger charge is -2.54. The second-order valence-electron chi connectivity index (χ2n) is 18.8. The minimum absolute atomic E-state index is 0.000732. The molecule has 1 aromatic carbocycles. The molecule has 1 aromatic rings. The number of carbonyl (C=O) groups is 1. The lowest BCUT2D eigenvalue weighted by molar-refractivity contribution is -0.133. The highest BCUT2D eigenvalue weighted by Gasteiger charge is 2.64. The number of hydrogen-bond donors (Lipinski definition) is 1. The Morgan fingerprint density at radius 2 is 1.95 bits per heavy atom. The molecule has 3 saturated heterocycles. The Morgan fingerprint density at radius 1 is 1.07 bits per heavy atom. The van der Waals surface area contributed by atoms with Crippen LogP contribution < -0.4 is 0 Å². The molecule has 3 bridgehead atoms. The summed E-state index contributed by atoms with van der Waals surface area (Å²) in [7, 11) is 5.77. The number of hydrogen-bond acceptors (Lipinski definition) is 8. The van der Waals surface area contributed by atoms with E-state index in [1.54, 1.807) is 19.6 Å². The highest BCUT2D eigenvalue weighted by atomic mass is 33.1. The van der Waals surface area contributed by atoms with Gasteiger partial charge in [0.2, 0.25) is 5.76 Å². The van der Waals surface area contributed by atoms with Crippen LogP contribution in [0.15, 0.2) is 70.6 Å². The summed E-state index contributed by atoms with van der Waals surface area (Å²) in [6.45, 7) is 9.66. The van der Waals surface area contributed by atoms with E-state index in [1.165, 1.54) is 61.8 Å². The van der Waals surface area contributed by atoms with Crippen molar-refractivity contribution in [1.82, 2.24) is 4.90 Å². The maximum absolute atomic E-state index is 13.2. The first-order valence-corrected chi connectivity index (χ1v) is 24.3. The predicted octanol–water partition coefficient (Wildman–Crippen LogP) is 10.4. The molecule has 1 N–H and O–H groups in total. The molecule has 0 unspecified atom stereocenters. The Morgan fingerprint density at radius 3 is 2.78 bits per heavy atom. The largest absolute Gasteiger partial charge is 0.492 e. The molecule has 0 aromatic heterocycles. The van der Waals surface area contributed by atoms with Crippen LogP contribution in [0.25, 0.3) is 0 Å². The van der Waals surface area contributed by atoms with Crippen molar-refractivity contribution >= 4 is 27.6 Å². The topological polar surface area (TPSA) is 68.2 Å². The number of fused-ring (bicyclic) bond motifs is 6. The number of aliphatic hydroxyl groups is 1. The quantitative estimate of drug-likeness (QED) is 0.132. The van der Waals surface area contributed by atoms with Crippen LogP contribution in [0.5, 0.6) is 0 Å². The van der Waals surface area contributed by atoms with Gasteiger partial charge < -0.3 is 19.3 Å². The van der Waals surface area contributed by atoms with Crippen LogP contribution in [-0.4, -0.2) is 59.3 Å². The third-order valence-electron chi connectivity index (χ3n) is 15.6. The fourth-order valence-electron chi connectivity index (χ4n) is 13.2. The Labute approximate surface area is 337 Å². The molecule has 1 spiro atoms. The van der Waals surface area contributed by atoms with Gasteiger partial charge in [0.1, 0.15) is 5.76 Å². The molecular weight excluding hydrogens is 723 g/mol. The number of carbonyl (C=O) groups excluding carboxylic acids is 1. The maximum atomic E-state index is 13.2. The number of rotatable bonds is 6. The molecule has 5 aliphatic heterocycles. The highest BCUT2D eigenvalue weighted by molar-refractivity contribution is 8.76. The minimum Gasteiger partial charge on any atom is -0.492 e. The molecule has 8 aliphatic rings. The standard InChI is InChI=1S/C47H63NO5S2/c1-6-7-8-11-30-12-9-13-32(21-30)40-35-22-37-39-28(3)44(45-43(51-5)29(4)46(50)53-45)52-38(39)14-10-19-48(37)41-36(35)24-47(40)18-17-31(23-47)25-54-55-26-33-16-15-27(2)20-34(33)42(41)49/h9,12-14,16,21,27-28,31,34-37,39-42,49H,6-8,10-11,15,17-20,22-26H2,1-5H3/t27-,28+,31+,34+,35+,36+,37-,39+,40+,41-,42+,47-/m1/s1. The lowest BCUT2D eigenvalue weighted by Crippen LogP contribution is -2.62. The van der Waals surface area contributed by atoms with Crippen LogP contribution in [0.4, 0.5) is 0 Å². The summed E-state index contributed by atoms with van der Waals surface area (Å²) in [5.74, 6) is 7.64. The van der Waals surface area contributed by atoms with Gasteiger partial charge in [0, 0.05) is 47.9 Å². The van der Waals surface area contributed by atoms with Gasteiger partial charge in [-0.1, -0.05) is 91.1 Å². The van der Waals surface area contributed by atoms with Crippen LogP contribution in [0.3, 0.4) is 0 Å². The Bertz CT molecular complexity index is 1780. The average molecular weight is 786 g/mol. The van der Waals surface area contributed by atoms with E-state index < -0.39 is 6.10 Å². The van der Waals surface area contributed by atoms with Gasteiger partial charge >= 0.3 is 5.97 Å². The summed E-state index contributed by atoms with van der Waals surface area (Å²) in [6, 6.07) is 10.1. The number of nitrogens with zero attached hydrogens (tertiary/aromatic N) is 1. The molecule has 5 heterocycles. The van der Waals surface area contributed by atoms with E-state index in [1.807, 2.05) is 10.8 Å². The summed E-state index contributed by atoms with van der Waals surface area (Å²) in [4.78, 5) is 15.6. The van der Waals surface area contributed by atoms with Crippen molar-refractivity contribution in [3.63, 3.8) is 0 Å². The van der Waals surface area contributed by atoms with Crippen LogP contribution in [-0.2, 0) is 25.4 Å². The van der Waals surface area contributed by atoms with Gasteiger partial charge in [-0.15, -0.1) is 0 Å². The molecule has 0 radical (unpaired) electrons. The summed E-state index contributed by atoms with van der Waals surface area (Å²) < 4.78 is 18.5. The molecule has 55 heavy (non-hydrogen) atoms. The van der Waals surface area contributed by atoms with Crippen LogP contribution in [0.1, 0.15) is 115 Å². The van der Waals surface area contributed by atoms with Gasteiger partial charge in [-0.05, 0) is 123 Å². The first-order valence-electron chi connectivity index (χ1n) is 21.8. The van der Waals surface area contributed by atoms with Crippen molar-refractivity contribution in [3.8, 4) is 0 Å². The average Bonchev–Trinajstić information content (AvgIpc) is 3.87. The number of allylic oxidation sites excluding steroid dienone is 2. The third-order valence-corrected chi connectivity index (χ3v) is 18.1. The molecule has 0 amide bonds. The smallest absolute Gasteiger partial charge is 0.343 e. The van der Waals surface area contributed by atoms with E-state index >= 15 is 0 Å². The highest BCUT2D eigenvalue weighted by Crippen LogP contribution is 2.69. The second kappa shape index (κ2) is 15.6. The first kappa shape index (κ1) is 38.4. The summed E-state index contributed by atoms with van der Waals surface area (Å²) in [5, 5.41) is 13.2. The number of benzene rings is 1. The molecule has 9 rings (SSSR count). The molecule has 12 atom stereocenters. The number of cyclic esters (lactones) is 1. The Kier molecular flexibility index (Phi) is 10.9. The predicted molar refractivity (Wildman–Crippen MR) is 223 cm³/mol. The van der Waals surface area contributed by atoms with Crippen molar-refractivity contribution in [3.05, 3.63) is 81.7 Å². The third kappa shape index (κ3) is 6.69. The molecule has 2 saturated carbocycles. The number of methoxy groups -OCH3 is 1. The monoisotopic (exact) mass is 785 g/mol. The Balaban J connectivity index is 1.17. The van der Waals surface area contributed by atoms with E-state index in [0.717, 1.165) is 61.8 Å². The summed E-state index contributed by atoms with van der Waals surface area (Å²) >= 11 is 0. The van der Waals surface area contributed by atoms with E-state index in [9.17, 15) is 9.90 Å². The summed E-state index contributed by atoms with van der Waals surface area (Å²) in [6.07, 6.45) is 18.7. The van der Waals surface area contributed by atoms with Gasteiger partial charge in [-0.25, -0.2) is 4.79 Å². The van der Waals surface area contributed by atoms with Crippen molar-refractivity contribution in [2.75, 3.05) is 25.2 Å². The van der Waals surface area contributed by atoms with Gasteiger partial charge in [0.05, 0.1) is 18.8 Å². The fraction of sp³-hybridized carbons (Fsp3) is 0.681. The number of unbranched alkanes of at least 4 members (excludes halogenated alkanes) is 2. The normalized spacial score (nSPS) is 41.4. The van der Waals surface area contributed by atoms with Crippen molar-refractivity contribution in [2.45, 2.75) is 129 Å². The molecule has 8 heteroatoms. The van der Waals surface area contributed by atoms with Gasteiger partial charge in [0.15, 0.2) is 11.5 Å². The van der Waals surface area contributed by atoms with E-state index in [-0.39, 0.29) is 41.2 Å². The molecule has 6 nitrogen and oxygen atoms in total. The number of aryl methyl sites for hydroxylation is 1. The molecule has 298 valence electrons. The first-order chi connectivity index (χ1) is 26.7. The van der Waals surface area contributed by atoms with Crippen molar-refractivity contribution in [2.24, 2.45) is 46.8 Å². The number of esters is 1. The van der Waals surface area contributed by atoms with Gasteiger partial charge in [-0.2, -0.15) is 0 Å². The van der Waals surface area contributed by atoms with Gasteiger partial charge in [0.25, 0.3) is 0 Å². The molecular formula is C47H63NO5S2. The number of aliphatic hydroxyl groups excluding tert-OH is 1. The van der Waals surface area contributed by atoms with Crippen molar-refractivity contribution < 1.29 is 24.1 Å². The SMILES string of the molecule is CCCCCc1cccc([C@H]2[C@H]3C[C@@H]4[C@H]5C(=CCCN4[C@H]4[C@@H](O)[C@H]6C[C@H](C)CC=C6CSSC[C@H]6CC[C@@]2(C6)C[C@@H]34)OC(=C2OC(=O)C(C)=C2OC)[C@H]5C)c1. The van der Waals surface area contributed by atoms with Crippen LogP contribution in [0, 0.1) is 46.8 Å².